The minimum Gasteiger partial charge on any atom is -0.456 e. The fraction of sp³-hybridized carbons (Fsp3) is 0.0566. The van der Waals surface area contributed by atoms with Gasteiger partial charge in [0.15, 0.2) is 5.82 Å². The van der Waals surface area contributed by atoms with Gasteiger partial charge in [-0.1, -0.05) is 172 Å². The fourth-order valence-electron chi connectivity index (χ4n) is 9.01. The molecule has 56 heavy (non-hydrogen) atoms. The van der Waals surface area contributed by atoms with Gasteiger partial charge < -0.3 is 4.42 Å². The van der Waals surface area contributed by atoms with Crippen molar-refractivity contribution in [2.24, 2.45) is 0 Å². The molecule has 8 aromatic carbocycles. The zero-order valence-corrected chi connectivity index (χ0v) is 31.1. The Morgan fingerprint density at radius 1 is 0.429 bits per heavy atom. The molecule has 0 N–H and O–H groups in total. The zero-order chi connectivity index (χ0) is 37.4. The van der Waals surface area contributed by atoms with Crippen molar-refractivity contribution in [1.82, 2.24) is 9.97 Å². The third kappa shape index (κ3) is 5.05. The van der Waals surface area contributed by atoms with Crippen molar-refractivity contribution in [3.05, 3.63) is 193 Å². The van der Waals surface area contributed by atoms with Gasteiger partial charge in [0.05, 0.1) is 11.4 Å². The summed E-state index contributed by atoms with van der Waals surface area (Å²) >= 11 is 0. The summed E-state index contributed by atoms with van der Waals surface area (Å²) in [6.45, 7) is 4.71. The maximum atomic E-state index is 6.35. The molecule has 0 unspecified atom stereocenters. The molecule has 10 aromatic rings. The van der Waals surface area contributed by atoms with Crippen LogP contribution in [-0.2, 0) is 5.41 Å². The molecule has 2 aromatic heterocycles. The summed E-state index contributed by atoms with van der Waals surface area (Å²) in [4.78, 5) is 10.9. The van der Waals surface area contributed by atoms with Gasteiger partial charge in [0.25, 0.3) is 0 Å². The van der Waals surface area contributed by atoms with E-state index in [2.05, 4.69) is 178 Å². The lowest BCUT2D eigenvalue weighted by molar-refractivity contribution is 0.666. The van der Waals surface area contributed by atoms with E-state index >= 15 is 0 Å². The van der Waals surface area contributed by atoms with Gasteiger partial charge in [0.1, 0.15) is 11.2 Å². The summed E-state index contributed by atoms with van der Waals surface area (Å²) < 4.78 is 6.35. The molecule has 0 atom stereocenters. The maximum Gasteiger partial charge on any atom is 0.161 e. The second-order valence-corrected chi connectivity index (χ2v) is 15.3. The molecule has 264 valence electrons. The van der Waals surface area contributed by atoms with Crippen molar-refractivity contribution in [2.75, 3.05) is 0 Å². The topological polar surface area (TPSA) is 38.9 Å². The van der Waals surface area contributed by atoms with Crippen molar-refractivity contribution in [2.45, 2.75) is 19.3 Å². The van der Waals surface area contributed by atoms with Gasteiger partial charge >= 0.3 is 0 Å². The molecule has 0 radical (unpaired) electrons. The number of hydrogen-bond acceptors (Lipinski definition) is 3. The predicted molar refractivity (Wildman–Crippen MR) is 232 cm³/mol. The molecular weight excluding hydrogens is 681 g/mol. The standard InChI is InChI=1S/C53H36N2O/c1-53(2)44-20-11-19-43(49(44)42-30-28-38-31-37(27-29-39(38)51(42)53)34-15-7-4-8-16-34)52-54-45(36-25-23-35(24-26-36)33-13-5-3-6-14-33)32-46(55-52)40-18-12-22-48-50(40)41-17-9-10-21-47(41)56-48/h3-32H,1-2H3. The van der Waals surface area contributed by atoms with Gasteiger partial charge in [-0.05, 0) is 79.5 Å². The molecule has 1 aliphatic rings. The quantitative estimate of drug-likeness (QED) is 0.178. The SMILES string of the molecule is CC1(C)c2cccc(-c3nc(-c4ccc(-c5ccccc5)cc4)cc(-c4cccc5oc6ccccc6c45)n3)c2-c2ccc3cc(-c4ccccc4)ccc3c21. The molecule has 0 saturated carbocycles. The first kappa shape index (κ1) is 32.3. The number of aromatic nitrogens is 2. The van der Waals surface area contributed by atoms with E-state index in [9.17, 15) is 0 Å². The normalized spacial score (nSPS) is 13.0. The molecule has 0 aliphatic heterocycles. The molecular formula is C53H36N2O. The van der Waals surface area contributed by atoms with Gasteiger partial charge in [0, 0.05) is 32.9 Å². The van der Waals surface area contributed by atoms with Gasteiger partial charge in [0.2, 0.25) is 0 Å². The first-order valence-electron chi connectivity index (χ1n) is 19.2. The van der Waals surface area contributed by atoms with Crippen molar-refractivity contribution < 1.29 is 4.42 Å². The third-order valence-corrected chi connectivity index (χ3v) is 11.7. The van der Waals surface area contributed by atoms with E-state index in [0.29, 0.717) is 5.82 Å². The van der Waals surface area contributed by atoms with E-state index in [1.807, 2.05) is 18.2 Å². The van der Waals surface area contributed by atoms with E-state index < -0.39 is 0 Å². The molecule has 2 heterocycles. The Morgan fingerprint density at radius 2 is 1.05 bits per heavy atom. The van der Waals surface area contributed by atoms with Crippen LogP contribution in [0.1, 0.15) is 25.0 Å². The fourth-order valence-corrected chi connectivity index (χ4v) is 9.01. The van der Waals surface area contributed by atoms with Crippen LogP contribution in [0.3, 0.4) is 0 Å². The minimum absolute atomic E-state index is 0.233. The summed E-state index contributed by atoms with van der Waals surface area (Å²) in [5.74, 6) is 0.703. The zero-order valence-electron chi connectivity index (χ0n) is 31.1. The minimum atomic E-state index is -0.233. The lowest BCUT2D eigenvalue weighted by atomic mass is 9.80. The number of fused-ring (bicyclic) bond motifs is 8. The monoisotopic (exact) mass is 716 g/mol. The predicted octanol–water partition coefficient (Wildman–Crippen LogP) is 14.2. The summed E-state index contributed by atoms with van der Waals surface area (Å²) in [6, 6.07) is 64.6. The Hall–Kier alpha value is -7.10. The Labute approximate surface area is 325 Å². The number of nitrogens with zero attached hydrogens (tertiary/aromatic N) is 2. The summed E-state index contributed by atoms with van der Waals surface area (Å²) in [6.07, 6.45) is 0. The highest BCUT2D eigenvalue weighted by Gasteiger charge is 2.38. The Bertz CT molecular complexity index is 3140. The molecule has 3 nitrogen and oxygen atoms in total. The van der Waals surface area contributed by atoms with E-state index in [1.54, 1.807) is 0 Å². The van der Waals surface area contributed by atoms with Crippen LogP contribution in [0, 0.1) is 0 Å². The summed E-state index contributed by atoms with van der Waals surface area (Å²) in [5.41, 5.74) is 16.2. The summed E-state index contributed by atoms with van der Waals surface area (Å²) in [5, 5.41) is 4.66. The average molecular weight is 717 g/mol. The van der Waals surface area contributed by atoms with Crippen molar-refractivity contribution in [3.63, 3.8) is 0 Å². The first-order valence-corrected chi connectivity index (χ1v) is 19.2. The largest absolute Gasteiger partial charge is 0.456 e. The van der Waals surface area contributed by atoms with Crippen LogP contribution < -0.4 is 0 Å². The lowest BCUT2D eigenvalue weighted by Gasteiger charge is -2.23. The average Bonchev–Trinajstić information content (AvgIpc) is 3.76. The first-order chi connectivity index (χ1) is 27.5. The van der Waals surface area contributed by atoms with Crippen LogP contribution in [0.2, 0.25) is 0 Å². The lowest BCUT2D eigenvalue weighted by Crippen LogP contribution is -2.15. The van der Waals surface area contributed by atoms with Gasteiger partial charge in [-0.15, -0.1) is 0 Å². The highest BCUT2D eigenvalue weighted by molar-refractivity contribution is 6.12. The van der Waals surface area contributed by atoms with E-state index in [-0.39, 0.29) is 5.41 Å². The number of furan rings is 1. The summed E-state index contributed by atoms with van der Waals surface area (Å²) in [7, 11) is 0. The van der Waals surface area contributed by atoms with Crippen LogP contribution >= 0.6 is 0 Å². The van der Waals surface area contributed by atoms with Crippen molar-refractivity contribution >= 4 is 32.7 Å². The van der Waals surface area contributed by atoms with Crippen LogP contribution in [0.25, 0.3) is 100.0 Å². The van der Waals surface area contributed by atoms with Crippen LogP contribution in [0.15, 0.2) is 186 Å². The maximum absolute atomic E-state index is 6.35. The van der Waals surface area contributed by atoms with E-state index in [4.69, 9.17) is 14.4 Å². The smallest absolute Gasteiger partial charge is 0.161 e. The molecule has 11 rings (SSSR count). The van der Waals surface area contributed by atoms with Gasteiger partial charge in [-0.3, -0.25) is 0 Å². The second kappa shape index (κ2) is 12.5. The molecule has 0 spiro atoms. The molecule has 0 saturated heterocycles. The highest BCUT2D eigenvalue weighted by atomic mass is 16.3. The van der Waals surface area contributed by atoms with Crippen LogP contribution in [0.4, 0.5) is 0 Å². The molecule has 0 amide bonds. The number of para-hydroxylation sites is 1. The number of benzene rings is 8. The molecule has 0 fully saturated rings. The Balaban J connectivity index is 1.12. The molecule has 3 heteroatoms. The number of hydrogen-bond donors (Lipinski definition) is 0. The van der Waals surface area contributed by atoms with Gasteiger partial charge in [-0.25, -0.2) is 9.97 Å². The van der Waals surface area contributed by atoms with Crippen molar-refractivity contribution in [1.29, 1.82) is 0 Å². The Kier molecular flexibility index (Phi) is 7.20. The van der Waals surface area contributed by atoms with E-state index in [1.165, 1.54) is 55.3 Å². The third-order valence-electron chi connectivity index (χ3n) is 11.7. The Morgan fingerprint density at radius 3 is 1.86 bits per heavy atom. The highest BCUT2D eigenvalue weighted by Crippen LogP contribution is 2.54. The molecule has 1 aliphatic carbocycles. The van der Waals surface area contributed by atoms with Gasteiger partial charge in [-0.2, -0.15) is 0 Å². The second-order valence-electron chi connectivity index (χ2n) is 15.3. The van der Waals surface area contributed by atoms with Crippen molar-refractivity contribution in [3.8, 4) is 67.3 Å². The number of rotatable bonds is 5. The van der Waals surface area contributed by atoms with Crippen LogP contribution in [0.5, 0.6) is 0 Å². The van der Waals surface area contributed by atoms with E-state index in [0.717, 1.165) is 50.0 Å². The van der Waals surface area contributed by atoms with Crippen LogP contribution in [-0.4, -0.2) is 9.97 Å². The molecule has 0 bridgehead atoms.